The molecule has 2 rings (SSSR count). The van der Waals surface area contributed by atoms with Crippen molar-refractivity contribution >= 4 is 23.3 Å². The average molecular weight is 338 g/mol. The summed E-state index contributed by atoms with van der Waals surface area (Å²) in [7, 11) is 1.77. The van der Waals surface area contributed by atoms with Crippen LogP contribution in [0.4, 0.5) is 0 Å². The number of nitrogens with zero attached hydrogens (tertiary/aromatic N) is 3. The van der Waals surface area contributed by atoms with E-state index < -0.39 is 0 Å². The molecule has 23 heavy (non-hydrogen) atoms. The summed E-state index contributed by atoms with van der Waals surface area (Å²) in [5.41, 5.74) is 1.03. The van der Waals surface area contributed by atoms with Crippen molar-refractivity contribution in [2.45, 2.75) is 39.7 Å². The Morgan fingerprint density at radius 3 is 3.04 bits per heavy atom. The van der Waals surface area contributed by atoms with E-state index in [9.17, 15) is 4.79 Å². The molecular formula is C16H26N4O2S. The Labute approximate surface area is 142 Å². The Morgan fingerprint density at radius 1 is 1.57 bits per heavy atom. The second kappa shape index (κ2) is 8.86. The lowest BCUT2D eigenvalue weighted by molar-refractivity contribution is -0.149. The van der Waals surface area contributed by atoms with Crippen LogP contribution in [0.5, 0.6) is 0 Å². The normalized spacial score (nSPS) is 18.8. The summed E-state index contributed by atoms with van der Waals surface area (Å²) in [6.45, 7) is 6.62. The number of aromatic nitrogens is 1. The number of guanidine groups is 1. The van der Waals surface area contributed by atoms with Gasteiger partial charge in [0.1, 0.15) is 0 Å². The zero-order valence-corrected chi connectivity index (χ0v) is 15.0. The maximum atomic E-state index is 12.0. The molecule has 0 aromatic carbocycles. The first-order valence-corrected chi connectivity index (χ1v) is 9.11. The molecule has 0 amide bonds. The Hall–Kier alpha value is -1.63. The fraction of sp³-hybridized carbons (Fsp3) is 0.688. The number of aryl methyl sites for hydroxylation is 1. The largest absolute Gasteiger partial charge is 0.466 e. The summed E-state index contributed by atoms with van der Waals surface area (Å²) < 4.78 is 5.15. The predicted molar refractivity (Wildman–Crippen MR) is 92.6 cm³/mol. The van der Waals surface area contributed by atoms with Gasteiger partial charge in [-0.05, 0) is 26.2 Å². The van der Waals surface area contributed by atoms with E-state index in [1.165, 1.54) is 0 Å². The molecule has 1 aromatic rings. The first kappa shape index (κ1) is 17.7. The van der Waals surface area contributed by atoms with E-state index in [1.807, 2.05) is 6.92 Å². The van der Waals surface area contributed by atoms with Crippen LogP contribution in [-0.4, -0.2) is 48.6 Å². The van der Waals surface area contributed by atoms with Gasteiger partial charge in [-0.1, -0.05) is 6.92 Å². The Morgan fingerprint density at radius 2 is 2.39 bits per heavy atom. The lowest BCUT2D eigenvalue weighted by Crippen LogP contribution is -2.48. The Balaban J connectivity index is 1.90. The van der Waals surface area contributed by atoms with E-state index in [-0.39, 0.29) is 11.9 Å². The van der Waals surface area contributed by atoms with Crippen LogP contribution in [0.25, 0.3) is 0 Å². The third-order valence-electron chi connectivity index (χ3n) is 3.88. The smallest absolute Gasteiger partial charge is 0.310 e. The summed E-state index contributed by atoms with van der Waals surface area (Å²) in [5.74, 6) is 0.665. The van der Waals surface area contributed by atoms with Crippen molar-refractivity contribution in [2.24, 2.45) is 10.9 Å². The number of carbonyl (C=O) groups excluding carboxylic acids is 1. The van der Waals surface area contributed by atoms with Crippen molar-refractivity contribution in [3.05, 3.63) is 16.1 Å². The summed E-state index contributed by atoms with van der Waals surface area (Å²) in [4.78, 5) is 23.0. The van der Waals surface area contributed by atoms with Crippen LogP contribution < -0.4 is 5.32 Å². The molecule has 1 atom stereocenters. The molecule has 1 aromatic heterocycles. The average Bonchev–Trinajstić information content (AvgIpc) is 3.04. The van der Waals surface area contributed by atoms with Gasteiger partial charge in [-0.2, -0.15) is 0 Å². The van der Waals surface area contributed by atoms with Crippen LogP contribution in [0.15, 0.2) is 10.4 Å². The van der Waals surface area contributed by atoms with Crippen LogP contribution in [0, 0.1) is 5.92 Å². The summed E-state index contributed by atoms with van der Waals surface area (Å²) in [6, 6.07) is 0. The zero-order chi connectivity index (χ0) is 16.7. The molecule has 1 aliphatic heterocycles. The molecule has 2 heterocycles. The van der Waals surface area contributed by atoms with Crippen LogP contribution in [0.2, 0.25) is 0 Å². The molecule has 0 radical (unpaired) electrons. The maximum absolute atomic E-state index is 12.0. The number of ether oxygens (including phenoxy) is 1. The number of likely N-dealkylation sites (tertiary alicyclic amines) is 1. The van der Waals surface area contributed by atoms with Crippen LogP contribution >= 0.6 is 11.3 Å². The van der Waals surface area contributed by atoms with Gasteiger partial charge >= 0.3 is 5.97 Å². The second-order valence-electron chi connectivity index (χ2n) is 5.52. The fourth-order valence-electron chi connectivity index (χ4n) is 2.72. The van der Waals surface area contributed by atoms with Gasteiger partial charge in [-0.25, -0.2) is 4.98 Å². The van der Waals surface area contributed by atoms with E-state index in [2.05, 4.69) is 32.5 Å². The van der Waals surface area contributed by atoms with Gasteiger partial charge in [0.15, 0.2) is 5.96 Å². The minimum Gasteiger partial charge on any atom is -0.466 e. The van der Waals surface area contributed by atoms with Crippen molar-refractivity contribution in [3.8, 4) is 0 Å². The molecule has 1 saturated heterocycles. The van der Waals surface area contributed by atoms with Crippen molar-refractivity contribution in [3.63, 3.8) is 0 Å². The van der Waals surface area contributed by atoms with E-state index >= 15 is 0 Å². The van der Waals surface area contributed by atoms with Gasteiger partial charge in [0.05, 0.1) is 29.8 Å². The molecule has 0 bridgehead atoms. The molecule has 7 heteroatoms. The number of rotatable bonds is 5. The standard InChI is InChI=1S/C16H26N4O2S/c1-4-14-19-13(11-23-14)9-18-16(17-3)20-8-6-7-12(10-20)15(21)22-5-2/h11-12H,4-10H2,1-3H3,(H,17,18). The van der Waals surface area contributed by atoms with Gasteiger partial charge in [0, 0.05) is 25.5 Å². The highest BCUT2D eigenvalue weighted by Crippen LogP contribution is 2.18. The highest BCUT2D eigenvalue weighted by molar-refractivity contribution is 7.09. The SMILES string of the molecule is CCOC(=O)C1CCCN(C(=NC)NCc2csc(CC)n2)C1. The van der Waals surface area contributed by atoms with E-state index in [0.29, 0.717) is 19.7 Å². The highest BCUT2D eigenvalue weighted by atomic mass is 32.1. The third-order valence-corrected chi connectivity index (χ3v) is 4.92. The third kappa shape index (κ3) is 4.92. The van der Waals surface area contributed by atoms with Crippen molar-refractivity contribution in [2.75, 3.05) is 26.7 Å². The maximum Gasteiger partial charge on any atom is 0.310 e. The number of piperidine rings is 1. The van der Waals surface area contributed by atoms with Gasteiger partial charge in [0.2, 0.25) is 0 Å². The second-order valence-corrected chi connectivity index (χ2v) is 6.47. The number of aliphatic imine (C=N–C) groups is 1. The number of hydrogen-bond donors (Lipinski definition) is 1. The predicted octanol–water partition coefficient (Wildman–Crippen LogP) is 2.06. The topological polar surface area (TPSA) is 66.8 Å². The number of thiazole rings is 1. The van der Waals surface area contributed by atoms with Gasteiger partial charge in [-0.3, -0.25) is 9.79 Å². The summed E-state index contributed by atoms with van der Waals surface area (Å²) in [5, 5.41) is 6.58. The van der Waals surface area contributed by atoms with Crippen molar-refractivity contribution in [1.82, 2.24) is 15.2 Å². The first-order valence-electron chi connectivity index (χ1n) is 8.23. The van der Waals surface area contributed by atoms with Crippen LogP contribution in [0.1, 0.15) is 37.4 Å². The van der Waals surface area contributed by atoms with E-state index in [0.717, 1.165) is 42.5 Å². The Bertz CT molecular complexity index is 544. The molecule has 0 aliphatic carbocycles. The van der Waals surface area contributed by atoms with Gasteiger partial charge in [-0.15, -0.1) is 11.3 Å². The van der Waals surface area contributed by atoms with E-state index in [1.54, 1.807) is 18.4 Å². The quantitative estimate of drug-likeness (QED) is 0.506. The molecule has 1 unspecified atom stereocenters. The van der Waals surface area contributed by atoms with Gasteiger partial charge in [0.25, 0.3) is 0 Å². The lowest BCUT2D eigenvalue weighted by Gasteiger charge is -2.33. The molecule has 128 valence electrons. The number of carbonyl (C=O) groups is 1. The number of nitrogens with one attached hydrogen (secondary N) is 1. The van der Waals surface area contributed by atoms with E-state index in [4.69, 9.17) is 4.74 Å². The molecule has 1 N–H and O–H groups in total. The minimum atomic E-state index is -0.0975. The monoisotopic (exact) mass is 338 g/mol. The lowest BCUT2D eigenvalue weighted by atomic mass is 9.98. The summed E-state index contributed by atoms with van der Waals surface area (Å²) >= 11 is 1.69. The fourth-order valence-corrected chi connectivity index (χ4v) is 3.46. The van der Waals surface area contributed by atoms with Crippen LogP contribution in [0.3, 0.4) is 0 Å². The molecular weight excluding hydrogens is 312 g/mol. The van der Waals surface area contributed by atoms with Gasteiger partial charge < -0.3 is 15.0 Å². The highest BCUT2D eigenvalue weighted by Gasteiger charge is 2.28. The Kier molecular flexibility index (Phi) is 6.83. The number of esters is 1. The molecule has 1 fully saturated rings. The summed E-state index contributed by atoms with van der Waals surface area (Å²) in [6.07, 6.45) is 2.83. The molecule has 6 nitrogen and oxygen atoms in total. The minimum absolute atomic E-state index is 0.0618. The zero-order valence-electron chi connectivity index (χ0n) is 14.2. The van der Waals surface area contributed by atoms with Crippen molar-refractivity contribution in [1.29, 1.82) is 0 Å². The van der Waals surface area contributed by atoms with Crippen LogP contribution in [-0.2, 0) is 22.5 Å². The molecule has 0 saturated carbocycles. The molecule has 1 aliphatic rings. The molecule has 0 spiro atoms. The number of hydrogen-bond acceptors (Lipinski definition) is 5. The first-order chi connectivity index (χ1) is 11.2. The van der Waals surface area contributed by atoms with Crippen molar-refractivity contribution < 1.29 is 9.53 Å².